The second-order valence-electron chi connectivity index (χ2n) is 3.31. The van der Waals surface area contributed by atoms with Gasteiger partial charge in [-0.3, -0.25) is 0 Å². The second kappa shape index (κ2) is 5.17. The molecule has 1 heterocycles. The molecule has 1 aromatic heterocycles. The molecule has 108 valence electrons. The fourth-order valence-corrected chi connectivity index (χ4v) is 2.51. The zero-order valence-electron chi connectivity index (χ0n) is 8.88. The number of hydrogen-bond acceptors (Lipinski definition) is 4. The molecule has 0 radical (unpaired) electrons. The van der Waals surface area contributed by atoms with Crippen molar-refractivity contribution in [2.75, 3.05) is 0 Å². The minimum Gasteiger partial charge on any atom is -0.326 e. The van der Waals surface area contributed by atoms with E-state index in [-0.39, 0.29) is 6.20 Å². The predicted molar refractivity (Wildman–Crippen MR) is 55.1 cm³/mol. The lowest BCUT2D eigenvalue weighted by Gasteiger charge is -2.17. The standard InChI is InChI=1S/C8H6ClF5N2O2S/c9-19(17,18)7-3(1-15)5(8(12,13)14)4(2-16-7)6(10)11/h2,6H,1,15H2. The number of hydrogen-bond donors (Lipinski definition) is 1. The van der Waals surface area contributed by atoms with E-state index in [1.807, 2.05) is 0 Å². The molecule has 0 aliphatic heterocycles. The number of aromatic nitrogens is 1. The Bertz CT molecular complexity index is 588. The van der Waals surface area contributed by atoms with Gasteiger partial charge in [0.2, 0.25) is 0 Å². The van der Waals surface area contributed by atoms with Crippen molar-refractivity contribution in [2.45, 2.75) is 24.2 Å². The van der Waals surface area contributed by atoms with Crippen molar-refractivity contribution in [1.82, 2.24) is 4.98 Å². The van der Waals surface area contributed by atoms with Crippen molar-refractivity contribution in [3.8, 4) is 0 Å². The van der Waals surface area contributed by atoms with Crippen LogP contribution < -0.4 is 5.73 Å². The van der Waals surface area contributed by atoms with Crippen molar-refractivity contribution in [3.63, 3.8) is 0 Å². The molecule has 0 aromatic carbocycles. The SMILES string of the molecule is NCc1c(S(=O)(=O)Cl)ncc(C(F)F)c1C(F)(F)F. The van der Waals surface area contributed by atoms with Crippen LogP contribution in [0, 0.1) is 0 Å². The topological polar surface area (TPSA) is 73.1 Å². The van der Waals surface area contributed by atoms with Crippen molar-refractivity contribution >= 4 is 19.7 Å². The summed E-state index contributed by atoms with van der Waals surface area (Å²) >= 11 is 0. The van der Waals surface area contributed by atoms with Crippen molar-refractivity contribution in [1.29, 1.82) is 0 Å². The summed E-state index contributed by atoms with van der Waals surface area (Å²) in [6.07, 6.45) is -8.57. The van der Waals surface area contributed by atoms with Crippen LogP contribution >= 0.6 is 10.7 Å². The zero-order valence-corrected chi connectivity index (χ0v) is 10.5. The lowest BCUT2D eigenvalue weighted by molar-refractivity contribution is -0.140. The molecule has 2 N–H and O–H groups in total. The van der Waals surface area contributed by atoms with Crippen LogP contribution in [-0.2, 0) is 21.8 Å². The lowest BCUT2D eigenvalue weighted by Crippen LogP contribution is -2.19. The van der Waals surface area contributed by atoms with E-state index in [4.69, 9.17) is 16.4 Å². The molecule has 0 aliphatic carbocycles. The van der Waals surface area contributed by atoms with Gasteiger partial charge in [-0.25, -0.2) is 22.2 Å². The summed E-state index contributed by atoms with van der Waals surface area (Å²) in [5, 5.41) is -1.17. The minimum atomic E-state index is -5.21. The second-order valence-corrected chi connectivity index (χ2v) is 5.79. The maximum atomic E-state index is 12.8. The Labute approximate surface area is 108 Å². The van der Waals surface area contributed by atoms with Gasteiger partial charge >= 0.3 is 6.18 Å². The number of nitrogens with zero attached hydrogens (tertiary/aromatic N) is 1. The Hall–Kier alpha value is -1.00. The van der Waals surface area contributed by atoms with E-state index in [2.05, 4.69) is 4.98 Å². The Morgan fingerprint density at radius 2 is 1.89 bits per heavy atom. The first kappa shape index (κ1) is 16.1. The van der Waals surface area contributed by atoms with Crippen LogP contribution in [0.1, 0.15) is 23.1 Å². The van der Waals surface area contributed by atoms with Crippen LogP contribution in [0.2, 0.25) is 0 Å². The summed E-state index contributed by atoms with van der Waals surface area (Å²) in [6, 6.07) is 0. The first-order chi connectivity index (χ1) is 8.50. The summed E-state index contributed by atoms with van der Waals surface area (Å²) in [5.74, 6) is 0. The van der Waals surface area contributed by atoms with E-state index in [0.717, 1.165) is 0 Å². The number of alkyl halides is 5. The van der Waals surface area contributed by atoms with Crippen LogP contribution in [0.25, 0.3) is 0 Å². The molecular formula is C8H6ClF5N2O2S. The van der Waals surface area contributed by atoms with Gasteiger partial charge in [0.25, 0.3) is 15.5 Å². The van der Waals surface area contributed by atoms with Crippen LogP contribution in [0.3, 0.4) is 0 Å². The van der Waals surface area contributed by atoms with Gasteiger partial charge in [-0.1, -0.05) is 0 Å². The molecule has 11 heteroatoms. The fraction of sp³-hybridized carbons (Fsp3) is 0.375. The fourth-order valence-electron chi connectivity index (χ4n) is 1.45. The third-order valence-corrected chi connectivity index (χ3v) is 3.38. The first-order valence-corrected chi connectivity index (χ1v) is 6.83. The quantitative estimate of drug-likeness (QED) is 0.684. The van der Waals surface area contributed by atoms with Crippen LogP contribution in [0.15, 0.2) is 11.2 Å². The monoisotopic (exact) mass is 324 g/mol. The van der Waals surface area contributed by atoms with E-state index in [9.17, 15) is 30.4 Å². The number of halogens is 6. The summed E-state index contributed by atoms with van der Waals surface area (Å²) < 4.78 is 85.5. The molecule has 0 unspecified atom stereocenters. The Morgan fingerprint density at radius 3 is 2.21 bits per heavy atom. The molecule has 0 saturated heterocycles. The van der Waals surface area contributed by atoms with E-state index < -0.39 is 49.9 Å². The molecule has 0 saturated carbocycles. The van der Waals surface area contributed by atoms with Gasteiger partial charge in [-0.15, -0.1) is 0 Å². The van der Waals surface area contributed by atoms with Crippen molar-refractivity contribution < 1.29 is 30.4 Å². The molecule has 19 heavy (non-hydrogen) atoms. The molecule has 0 fully saturated rings. The number of rotatable bonds is 3. The van der Waals surface area contributed by atoms with Crippen LogP contribution in [0.5, 0.6) is 0 Å². The van der Waals surface area contributed by atoms with Gasteiger partial charge in [0.15, 0.2) is 5.03 Å². The molecule has 0 spiro atoms. The summed E-state index contributed by atoms with van der Waals surface area (Å²) in [7, 11) is 0.261. The maximum Gasteiger partial charge on any atom is 0.417 e. The zero-order chi connectivity index (χ0) is 15.0. The lowest BCUT2D eigenvalue weighted by atomic mass is 10.0. The van der Waals surface area contributed by atoms with Gasteiger partial charge in [0.05, 0.1) is 5.56 Å². The number of pyridine rings is 1. The number of nitrogens with two attached hydrogens (primary N) is 1. The molecule has 0 aliphatic rings. The highest BCUT2D eigenvalue weighted by molar-refractivity contribution is 8.13. The smallest absolute Gasteiger partial charge is 0.326 e. The summed E-state index contributed by atoms with van der Waals surface area (Å²) in [5.41, 5.74) is 0.655. The minimum absolute atomic E-state index is 0.127. The molecule has 4 nitrogen and oxygen atoms in total. The Balaban J connectivity index is 3.81. The predicted octanol–water partition coefficient (Wildman–Crippen LogP) is 2.42. The van der Waals surface area contributed by atoms with Gasteiger partial charge in [0, 0.05) is 34.6 Å². The average Bonchev–Trinajstić information content (AvgIpc) is 2.24. The third-order valence-electron chi connectivity index (χ3n) is 2.12. The van der Waals surface area contributed by atoms with E-state index >= 15 is 0 Å². The third kappa shape index (κ3) is 3.31. The average molecular weight is 325 g/mol. The molecule has 1 rings (SSSR count). The van der Waals surface area contributed by atoms with E-state index in [1.165, 1.54) is 0 Å². The molecular weight excluding hydrogens is 319 g/mol. The van der Waals surface area contributed by atoms with Gasteiger partial charge in [0.1, 0.15) is 0 Å². The highest BCUT2D eigenvalue weighted by Gasteiger charge is 2.40. The highest BCUT2D eigenvalue weighted by Crippen LogP contribution is 2.40. The van der Waals surface area contributed by atoms with E-state index in [0.29, 0.717) is 0 Å². The van der Waals surface area contributed by atoms with Crippen molar-refractivity contribution in [3.05, 3.63) is 22.9 Å². The molecule has 0 atom stereocenters. The Kier molecular flexibility index (Phi) is 4.37. The molecule has 0 bridgehead atoms. The van der Waals surface area contributed by atoms with Gasteiger partial charge in [-0.05, 0) is 0 Å². The largest absolute Gasteiger partial charge is 0.417 e. The Morgan fingerprint density at radius 1 is 1.37 bits per heavy atom. The summed E-state index contributed by atoms with van der Waals surface area (Å²) in [4.78, 5) is 3.04. The molecule has 0 amide bonds. The van der Waals surface area contributed by atoms with Crippen LogP contribution in [-0.4, -0.2) is 13.4 Å². The maximum absolute atomic E-state index is 12.8. The highest BCUT2D eigenvalue weighted by atomic mass is 35.7. The van der Waals surface area contributed by atoms with Gasteiger partial charge < -0.3 is 5.73 Å². The normalized spacial score (nSPS) is 13.1. The van der Waals surface area contributed by atoms with Crippen molar-refractivity contribution in [2.24, 2.45) is 5.73 Å². The van der Waals surface area contributed by atoms with Crippen LogP contribution in [0.4, 0.5) is 22.0 Å². The molecule has 1 aromatic rings. The van der Waals surface area contributed by atoms with E-state index in [1.54, 1.807) is 0 Å². The van der Waals surface area contributed by atoms with Gasteiger partial charge in [-0.2, -0.15) is 13.2 Å². The summed E-state index contributed by atoms with van der Waals surface area (Å²) in [6.45, 7) is -0.955. The first-order valence-electron chi connectivity index (χ1n) is 4.52.